The number of carbonyl (C=O) groups is 3. The van der Waals surface area contributed by atoms with Crippen LogP contribution >= 0.6 is 11.3 Å². The van der Waals surface area contributed by atoms with Gasteiger partial charge < -0.3 is 19.3 Å². The first-order valence-electron chi connectivity index (χ1n) is 12.7. The molecule has 3 aromatic rings. The molecule has 0 radical (unpaired) electrons. The average molecular weight is 563 g/mol. The minimum absolute atomic E-state index is 0.0949. The van der Waals surface area contributed by atoms with Crippen LogP contribution < -0.4 is 14.4 Å². The summed E-state index contributed by atoms with van der Waals surface area (Å²) in [7, 11) is 1.26. The van der Waals surface area contributed by atoms with Crippen molar-refractivity contribution >= 4 is 39.9 Å². The van der Waals surface area contributed by atoms with E-state index in [1.807, 2.05) is 6.92 Å². The SMILES string of the molecule is C=CCOc1ccc(C(O)=C2C(=O)C(=O)N(c3nc(C)c(C(=O)OC)s3)[C@@H]2c2ccc(OCCC)cc2)c(C)c1. The van der Waals surface area contributed by atoms with Gasteiger partial charge in [0.1, 0.15) is 28.7 Å². The summed E-state index contributed by atoms with van der Waals surface area (Å²) < 4.78 is 16.1. The Hall–Kier alpha value is -4.44. The predicted molar refractivity (Wildman–Crippen MR) is 152 cm³/mol. The molecule has 1 amide bonds. The number of hydrogen-bond acceptors (Lipinski definition) is 9. The Labute approximate surface area is 236 Å². The van der Waals surface area contributed by atoms with Crippen molar-refractivity contribution < 1.29 is 33.7 Å². The number of methoxy groups -OCH3 is 1. The van der Waals surface area contributed by atoms with Crippen molar-refractivity contribution in [1.82, 2.24) is 4.98 Å². The molecule has 1 aromatic heterocycles. The normalized spacial score (nSPS) is 16.2. The molecule has 1 N–H and O–H groups in total. The summed E-state index contributed by atoms with van der Waals surface area (Å²) in [6.45, 7) is 9.89. The zero-order valence-corrected chi connectivity index (χ0v) is 23.5. The van der Waals surface area contributed by atoms with Crippen molar-refractivity contribution in [2.75, 3.05) is 25.2 Å². The van der Waals surface area contributed by atoms with Crippen molar-refractivity contribution in [1.29, 1.82) is 0 Å². The predicted octanol–water partition coefficient (Wildman–Crippen LogP) is 5.53. The largest absolute Gasteiger partial charge is 0.507 e. The molecule has 1 saturated heterocycles. The van der Waals surface area contributed by atoms with Crippen LogP contribution in [0.2, 0.25) is 0 Å². The lowest BCUT2D eigenvalue weighted by atomic mass is 9.94. The van der Waals surface area contributed by atoms with E-state index in [1.54, 1.807) is 62.4 Å². The van der Waals surface area contributed by atoms with E-state index in [-0.39, 0.29) is 21.3 Å². The Morgan fingerprint density at radius 2 is 1.82 bits per heavy atom. The highest BCUT2D eigenvalue weighted by atomic mass is 32.1. The third kappa shape index (κ3) is 5.48. The molecule has 9 nitrogen and oxygen atoms in total. The Balaban J connectivity index is 1.87. The number of esters is 1. The van der Waals surface area contributed by atoms with Gasteiger partial charge in [0.15, 0.2) is 5.13 Å². The van der Waals surface area contributed by atoms with E-state index in [4.69, 9.17) is 14.2 Å². The third-order valence-corrected chi connectivity index (χ3v) is 7.43. The Morgan fingerprint density at radius 1 is 1.12 bits per heavy atom. The van der Waals surface area contributed by atoms with Crippen LogP contribution in [-0.2, 0) is 14.3 Å². The number of Topliss-reactive ketones (excluding diaryl/α,β-unsaturated/α-hetero) is 1. The van der Waals surface area contributed by atoms with E-state index in [1.165, 1.54) is 12.0 Å². The summed E-state index contributed by atoms with van der Waals surface area (Å²) in [4.78, 5) is 45.1. The average Bonchev–Trinajstić information content (AvgIpc) is 3.46. The van der Waals surface area contributed by atoms with Crippen LogP contribution in [0.15, 0.2) is 60.7 Å². The lowest BCUT2D eigenvalue weighted by Gasteiger charge is -2.23. The first-order valence-corrected chi connectivity index (χ1v) is 13.5. The Bertz CT molecular complexity index is 1490. The smallest absolute Gasteiger partial charge is 0.350 e. The number of benzene rings is 2. The summed E-state index contributed by atoms with van der Waals surface area (Å²) >= 11 is 0.944. The lowest BCUT2D eigenvalue weighted by molar-refractivity contribution is -0.132. The fourth-order valence-corrected chi connectivity index (χ4v) is 5.38. The number of aliphatic hydroxyl groups is 1. The maximum Gasteiger partial charge on any atom is 0.350 e. The molecule has 40 heavy (non-hydrogen) atoms. The fourth-order valence-electron chi connectivity index (χ4n) is 4.37. The van der Waals surface area contributed by atoms with E-state index >= 15 is 0 Å². The maximum absolute atomic E-state index is 13.5. The second kappa shape index (κ2) is 12.2. The third-order valence-electron chi connectivity index (χ3n) is 6.30. The van der Waals surface area contributed by atoms with E-state index < -0.39 is 23.7 Å². The molecular formula is C30H30N2O7S. The van der Waals surface area contributed by atoms with Gasteiger partial charge in [-0.3, -0.25) is 14.5 Å². The minimum atomic E-state index is -1.01. The molecule has 4 rings (SSSR count). The van der Waals surface area contributed by atoms with Gasteiger partial charge in [0.25, 0.3) is 5.78 Å². The highest BCUT2D eigenvalue weighted by molar-refractivity contribution is 7.17. The second-order valence-corrected chi connectivity index (χ2v) is 10.0. The number of rotatable bonds is 10. The van der Waals surface area contributed by atoms with Gasteiger partial charge in [-0.25, -0.2) is 9.78 Å². The number of aryl methyl sites for hydroxylation is 2. The van der Waals surface area contributed by atoms with Crippen molar-refractivity contribution in [2.45, 2.75) is 33.2 Å². The molecule has 2 heterocycles. The first-order chi connectivity index (χ1) is 19.2. The Kier molecular flexibility index (Phi) is 8.69. The molecule has 0 spiro atoms. The number of thiazole rings is 1. The number of anilines is 1. The lowest BCUT2D eigenvalue weighted by Crippen LogP contribution is -2.29. The van der Waals surface area contributed by atoms with Crippen LogP contribution in [0.3, 0.4) is 0 Å². The van der Waals surface area contributed by atoms with Gasteiger partial charge in [-0.1, -0.05) is 43.0 Å². The van der Waals surface area contributed by atoms with Crippen molar-refractivity contribution in [3.63, 3.8) is 0 Å². The molecular weight excluding hydrogens is 532 g/mol. The number of ketones is 1. The van der Waals surface area contributed by atoms with E-state index in [0.717, 1.165) is 17.8 Å². The van der Waals surface area contributed by atoms with Gasteiger partial charge >= 0.3 is 11.9 Å². The number of hydrogen-bond donors (Lipinski definition) is 1. The van der Waals surface area contributed by atoms with Gasteiger partial charge in [-0.05, 0) is 61.7 Å². The van der Waals surface area contributed by atoms with Gasteiger partial charge in [0, 0.05) is 5.56 Å². The highest BCUT2D eigenvalue weighted by Gasteiger charge is 2.48. The highest BCUT2D eigenvalue weighted by Crippen LogP contribution is 2.44. The monoisotopic (exact) mass is 562 g/mol. The molecule has 1 aliphatic rings. The van der Waals surface area contributed by atoms with Crippen molar-refractivity contribution in [3.05, 3.63) is 88.0 Å². The number of aromatic nitrogens is 1. The summed E-state index contributed by atoms with van der Waals surface area (Å²) in [5.74, 6) is -1.46. The zero-order valence-electron chi connectivity index (χ0n) is 22.7. The van der Waals surface area contributed by atoms with Crippen LogP contribution in [0.25, 0.3) is 5.76 Å². The second-order valence-electron chi connectivity index (χ2n) is 9.07. The summed E-state index contributed by atoms with van der Waals surface area (Å²) in [6.07, 6.45) is 2.46. The van der Waals surface area contributed by atoms with Crippen LogP contribution in [0, 0.1) is 13.8 Å². The summed E-state index contributed by atoms with van der Waals surface area (Å²) in [5.41, 5.74) is 1.85. The molecule has 0 aliphatic carbocycles. The van der Waals surface area contributed by atoms with Crippen LogP contribution in [0.1, 0.15) is 51.4 Å². The molecule has 1 aliphatic heterocycles. The molecule has 0 saturated carbocycles. The molecule has 1 atom stereocenters. The molecule has 0 bridgehead atoms. The van der Waals surface area contributed by atoms with Crippen LogP contribution in [0.5, 0.6) is 11.5 Å². The van der Waals surface area contributed by atoms with Gasteiger partial charge in [0.2, 0.25) is 0 Å². The Morgan fingerprint density at radius 3 is 2.45 bits per heavy atom. The molecule has 10 heteroatoms. The maximum atomic E-state index is 13.5. The van der Waals surface area contributed by atoms with E-state index in [0.29, 0.717) is 47.1 Å². The minimum Gasteiger partial charge on any atom is -0.507 e. The molecule has 1 fully saturated rings. The number of aliphatic hydroxyl groups excluding tert-OH is 1. The quantitative estimate of drug-likeness (QED) is 0.113. The first kappa shape index (κ1) is 28.6. The van der Waals surface area contributed by atoms with Crippen molar-refractivity contribution in [2.24, 2.45) is 0 Å². The topological polar surface area (TPSA) is 115 Å². The number of amides is 1. The fraction of sp³-hybridized carbons (Fsp3) is 0.267. The molecule has 2 aromatic carbocycles. The summed E-state index contributed by atoms with van der Waals surface area (Å²) in [5, 5.41) is 11.7. The molecule has 208 valence electrons. The number of carbonyl (C=O) groups excluding carboxylic acids is 3. The van der Waals surface area contributed by atoms with Gasteiger partial charge in [0.05, 0.1) is 31.0 Å². The standard InChI is InChI=1S/C30H30N2O7S/c1-6-14-38-20-10-8-19(9-11-20)24-23(25(33)22-13-12-21(16-17(22)3)39-15-7-2)26(34)28(35)32(24)30-31-18(4)27(40-30)29(36)37-5/h7-13,16,24,33H,2,6,14-15H2,1,3-5H3/t24-/m1/s1. The zero-order chi connectivity index (χ0) is 29.0. The van der Waals surface area contributed by atoms with Gasteiger partial charge in [-0.15, -0.1) is 0 Å². The van der Waals surface area contributed by atoms with Gasteiger partial charge in [-0.2, -0.15) is 0 Å². The summed E-state index contributed by atoms with van der Waals surface area (Å²) in [6, 6.07) is 11.0. The van der Waals surface area contributed by atoms with Crippen LogP contribution in [0.4, 0.5) is 5.13 Å². The van der Waals surface area contributed by atoms with Crippen LogP contribution in [-0.4, -0.2) is 48.1 Å². The van der Waals surface area contributed by atoms with Crippen molar-refractivity contribution in [3.8, 4) is 11.5 Å². The van der Waals surface area contributed by atoms with E-state index in [9.17, 15) is 19.5 Å². The van der Waals surface area contributed by atoms with E-state index in [2.05, 4.69) is 11.6 Å². The number of ether oxygens (including phenoxy) is 3. The molecule has 0 unspecified atom stereocenters. The number of nitrogens with zero attached hydrogens (tertiary/aromatic N) is 2.